The SMILES string of the molecule is CCCOc1cc(Cl)cc(NC(=O)NNc2cc(C(C)C)c3c(n2)c(C)nn3C)c1. The van der Waals surface area contributed by atoms with E-state index in [9.17, 15) is 4.79 Å². The number of carbonyl (C=O) groups is 1. The summed E-state index contributed by atoms with van der Waals surface area (Å²) in [4.78, 5) is 17.0. The summed E-state index contributed by atoms with van der Waals surface area (Å²) < 4.78 is 7.43. The van der Waals surface area contributed by atoms with Gasteiger partial charge < -0.3 is 10.1 Å². The summed E-state index contributed by atoms with van der Waals surface area (Å²) in [5.41, 5.74) is 9.76. The van der Waals surface area contributed by atoms with Crippen molar-refractivity contribution in [1.82, 2.24) is 20.2 Å². The molecule has 0 aliphatic heterocycles. The summed E-state index contributed by atoms with van der Waals surface area (Å²) in [6.07, 6.45) is 0.881. The van der Waals surface area contributed by atoms with Crippen LogP contribution in [0.5, 0.6) is 5.75 Å². The van der Waals surface area contributed by atoms with E-state index in [4.69, 9.17) is 16.3 Å². The smallest absolute Gasteiger partial charge is 0.337 e. The van der Waals surface area contributed by atoms with Gasteiger partial charge in [0.15, 0.2) is 0 Å². The molecule has 2 heterocycles. The van der Waals surface area contributed by atoms with E-state index in [0.717, 1.165) is 28.7 Å². The molecule has 0 saturated heterocycles. The summed E-state index contributed by atoms with van der Waals surface area (Å²) in [7, 11) is 1.91. The van der Waals surface area contributed by atoms with Gasteiger partial charge in [-0.1, -0.05) is 32.4 Å². The number of urea groups is 1. The number of hydrazine groups is 1. The number of hydrogen-bond donors (Lipinski definition) is 3. The van der Waals surface area contributed by atoms with E-state index in [1.807, 2.05) is 31.6 Å². The Morgan fingerprint density at radius 3 is 2.73 bits per heavy atom. The second-order valence-corrected chi connectivity index (χ2v) is 7.82. The van der Waals surface area contributed by atoms with Crippen LogP contribution in [0.1, 0.15) is 44.4 Å². The summed E-state index contributed by atoms with van der Waals surface area (Å²) >= 11 is 6.12. The monoisotopic (exact) mass is 430 g/mol. The molecule has 30 heavy (non-hydrogen) atoms. The molecule has 0 aliphatic carbocycles. The molecule has 0 radical (unpaired) electrons. The molecule has 0 atom stereocenters. The normalized spacial score (nSPS) is 11.0. The molecule has 2 aromatic heterocycles. The van der Waals surface area contributed by atoms with Crippen LogP contribution in [0.25, 0.3) is 11.0 Å². The van der Waals surface area contributed by atoms with Gasteiger partial charge >= 0.3 is 6.03 Å². The largest absolute Gasteiger partial charge is 0.493 e. The van der Waals surface area contributed by atoms with Gasteiger partial charge in [0, 0.05) is 23.8 Å². The summed E-state index contributed by atoms with van der Waals surface area (Å²) in [5.74, 6) is 1.41. The van der Waals surface area contributed by atoms with Crippen LogP contribution in [0, 0.1) is 6.92 Å². The predicted molar refractivity (Wildman–Crippen MR) is 120 cm³/mol. The van der Waals surface area contributed by atoms with E-state index in [1.165, 1.54) is 0 Å². The highest BCUT2D eigenvalue weighted by molar-refractivity contribution is 6.31. The zero-order valence-corrected chi connectivity index (χ0v) is 18.6. The second-order valence-electron chi connectivity index (χ2n) is 7.39. The quantitative estimate of drug-likeness (QED) is 0.459. The number of hydrogen-bond acceptors (Lipinski definition) is 5. The number of fused-ring (bicyclic) bond motifs is 1. The third-order valence-corrected chi connectivity index (χ3v) is 4.73. The zero-order chi connectivity index (χ0) is 21.8. The lowest BCUT2D eigenvalue weighted by Crippen LogP contribution is -2.34. The number of nitrogens with zero attached hydrogens (tertiary/aromatic N) is 3. The van der Waals surface area contributed by atoms with Crippen molar-refractivity contribution in [3.8, 4) is 5.75 Å². The van der Waals surface area contributed by atoms with Crippen LogP contribution in [0.2, 0.25) is 5.02 Å². The summed E-state index contributed by atoms with van der Waals surface area (Å²) in [6.45, 7) is 8.73. The van der Waals surface area contributed by atoms with Gasteiger partial charge in [0.2, 0.25) is 0 Å². The third-order valence-electron chi connectivity index (χ3n) is 4.52. The van der Waals surface area contributed by atoms with E-state index in [0.29, 0.717) is 28.9 Å². The highest BCUT2D eigenvalue weighted by atomic mass is 35.5. The predicted octanol–water partition coefficient (Wildman–Crippen LogP) is 4.99. The highest BCUT2D eigenvalue weighted by Gasteiger charge is 2.16. The van der Waals surface area contributed by atoms with Crippen LogP contribution in [0.3, 0.4) is 0 Å². The molecule has 0 aliphatic rings. The van der Waals surface area contributed by atoms with Crippen molar-refractivity contribution in [3.05, 3.63) is 40.5 Å². The average molecular weight is 431 g/mol. The maximum atomic E-state index is 12.4. The molecular formula is C21H27ClN6O2. The maximum Gasteiger partial charge on any atom is 0.337 e. The Balaban J connectivity index is 1.73. The van der Waals surface area contributed by atoms with Crippen molar-refractivity contribution in [3.63, 3.8) is 0 Å². The standard InChI is InChI=1S/C21H27ClN6O2/c1-6-7-30-16-9-14(22)8-15(10-16)23-21(29)26-25-18-11-17(12(2)3)20-19(24-18)13(4)27-28(20)5/h8-12H,6-7H2,1-5H3,(H,24,25)(H2,23,26,29). The van der Waals surface area contributed by atoms with Gasteiger partial charge in [-0.25, -0.2) is 9.78 Å². The first kappa shape index (κ1) is 21.7. The molecule has 160 valence electrons. The van der Waals surface area contributed by atoms with Gasteiger partial charge in [-0.2, -0.15) is 5.10 Å². The number of rotatable bonds is 7. The van der Waals surface area contributed by atoms with Crippen molar-refractivity contribution < 1.29 is 9.53 Å². The maximum absolute atomic E-state index is 12.4. The number of halogens is 1. The van der Waals surface area contributed by atoms with E-state index in [-0.39, 0.29) is 5.92 Å². The van der Waals surface area contributed by atoms with Crippen molar-refractivity contribution in [2.24, 2.45) is 7.05 Å². The summed E-state index contributed by atoms with van der Waals surface area (Å²) in [5, 5.41) is 7.68. The Morgan fingerprint density at radius 2 is 2.03 bits per heavy atom. The minimum absolute atomic E-state index is 0.271. The van der Waals surface area contributed by atoms with Gasteiger partial charge in [-0.05, 0) is 43.0 Å². The molecule has 3 N–H and O–H groups in total. The third kappa shape index (κ3) is 4.94. The molecule has 9 heteroatoms. The number of pyridine rings is 1. The number of anilines is 2. The minimum atomic E-state index is -0.449. The lowest BCUT2D eigenvalue weighted by Gasteiger charge is -2.14. The van der Waals surface area contributed by atoms with E-state index < -0.39 is 6.03 Å². The molecule has 2 amide bonds. The molecular weight excluding hydrogens is 404 g/mol. The number of aromatic nitrogens is 3. The average Bonchev–Trinajstić information content (AvgIpc) is 2.97. The van der Waals surface area contributed by atoms with Gasteiger partial charge in [0.05, 0.1) is 17.8 Å². The van der Waals surface area contributed by atoms with E-state index in [1.54, 1.807) is 18.2 Å². The van der Waals surface area contributed by atoms with Crippen LogP contribution < -0.4 is 20.9 Å². The Morgan fingerprint density at radius 1 is 1.27 bits per heavy atom. The van der Waals surface area contributed by atoms with Gasteiger partial charge in [0.1, 0.15) is 17.1 Å². The summed E-state index contributed by atoms with van der Waals surface area (Å²) in [6, 6.07) is 6.56. The molecule has 0 fully saturated rings. The molecule has 3 rings (SSSR count). The molecule has 1 aromatic carbocycles. The van der Waals surface area contributed by atoms with E-state index in [2.05, 4.69) is 40.1 Å². The topological polar surface area (TPSA) is 93.1 Å². The van der Waals surface area contributed by atoms with Gasteiger partial charge in [-0.15, -0.1) is 0 Å². The minimum Gasteiger partial charge on any atom is -0.493 e. The van der Waals surface area contributed by atoms with Crippen LogP contribution in [0.15, 0.2) is 24.3 Å². The fourth-order valence-electron chi connectivity index (χ4n) is 3.20. The number of benzene rings is 1. The molecule has 0 unspecified atom stereocenters. The van der Waals surface area contributed by atoms with Crippen LogP contribution in [-0.2, 0) is 7.05 Å². The van der Waals surface area contributed by atoms with Gasteiger partial charge in [-0.3, -0.25) is 15.5 Å². The Bertz CT molecular complexity index is 1060. The van der Waals surface area contributed by atoms with Crippen LogP contribution in [0.4, 0.5) is 16.3 Å². The van der Waals surface area contributed by atoms with E-state index >= 15 is 0 Å². The first-order valence-corrected chi connectivity index (χ1v) is 10.3. The molecule has 8 nitrogen and oxygen atoms in total. The van der Waals surface area contributed by atoms with Crippen LogP contribution in [-0.4, -0.2) is 27.4 Å². The Labute approximate surface area is 180 Å². The zero-order valence-electron chi connectivity index (χ0n) is 17.8. The number of carbonyl (C=O) groups excluding carboxylic acids is 1. The number of ether oxygens (including phenoxy) is 1. The van der Waals surface area contributed by atoms with Crippen molar-refractivity contribution in [2.45, 2.75) is 40.0 Å². The molecule has 0 saturated carbocycles. The first-order chi connectivity index (χ1) is 14.3. The fraction of sp³-hybridized carbons (Fsp3) is 0.381. The van der Waals surface area contributed by atoms with Crippen molar-refractivity contribution in [2.75, 3.05) is 17.3 Å². The van der Waals surface area contributed by atoms with Crippen molar-refractivity contribution in [1.29, 1.82) is 0 Å². The Hall–Kier alpha value is -3.00. The lowest BCUT2D eigenvalue weighted by atomic mass is 10.0. The lowest BCUT2D eigenvalue weighted by molar-refractivity contribution is 0.254. The van der Waals surface area contributed by atoms with Crippen LogP contribution >= 0.6 is 11.6 Å². The first-order valence-electron chi connectivity index (χ1n) is 9.89. The molecule has 0 spiro atoms. The fourth-order valence-corrected chi connectivity index (χ4v) is 3.42. The second kappa shape index (κ2) is 9.21. The van der Waals surface area contributed by atoms with Crippen molar-refractivity contribution >= 4 is 40.2 Å². The van der Waals surface area contributed by atoms with Gasteiger partial charge in [0.25, 0.3) is 0 Å². The number of aryl methyl sites for hydroxylation is 2. The number of nitrogens with one attached hydrogen (secondary N) is 3. The molecule has 3 aromatic rings. The molecule has 0 bridgehead atoms. The highest BCUT2D eigenvalue weighted by Crippen LogP contribution is 2.28. The Kier molecular flexibility index (Phi) is 6.66. The number of amides is 2.